The van der Waals surface area contributed by atoms with Crippen LogP contribution in [-0.4, -0.2) is 45.5 Å². The smallest absolute Gasteiger partial charge is 0.261 e. The maximum atomic E-state index is 7.10. The highest BCUT2D eigenvalue weighted by Gasteiger charge is 2.50. The summed E-state index contributed by atoms with van der Waals surface area (Å²) in [5.41, 5.74) is 1.39. The lowest BCUT2D eigenvalue weighted by Gasteiger charge is -2.43. The minimum atomic E-state index is -2.45. The Labute approximate surface area is 200 Å². The molecule has 0 spiro atoms. The fraction of sp³-hybridized carbons (Fsp3) is 0.379. The van der Waals surface area contributed by atoms with Gasteiger partial charge in [0, 0.05) is 38.8 Å². The molecule has 1 aliphatic rings. The number of rotatable bonds is 8. The van der Waals surface area contributed by atoms with Crippen LogP contribution in [0, 0.1) is 0 Å². The van der Waals surface area contributed by atoms with E-state index in [1.807, 2.05) is 0 Å². The van der Waals surface area contributed by atoms with Gasteiger partial charge in [-0.15, -0.1) is 0 Å². The third-order valence-corrected chi connectivity index (χ3v) is 11.8. The molecule has 1 N–H and O–H groups in total. The third-order valence-electron chi connectivity index (χ3n) is 6.79. The minimum absolute atomic E-state index is 0.0229. The number of hydrogen-bond acceptors (Lipinski definition) is 3. The van der Waals surface area contributed by atoms with Crippen molar-refractivity contribution in [1.29, 1.82) is 0 Å². The van der Waals surface area contributed by atoms with Gasteiger partial charge >= 0.3 is 0 Å². The van der Waals surface area contributed by atoms with Gasteiger partial charge in [-0.25, -0.2) is 0 Å². The van der Waals surface area contributed by atoms with Crippen molar-refractivity contribution in [3.63, 3.8) is 0 Å². The molecule has 0 saturated carbocycles. The van der Waals surface area contributed by atoms with E-state index in [1.54, 1.807) is 0 Å². The zero-order valence-corrected chi connectivity index (χ0v) is 21.3. The standard InChI is InChI=1S/C29H38N2OSi/c1-29(2,3)33(27-15-9-5-10-16-27,28-17-11-6-12-18-28)32-22-19-26-24-31(21-20-30-26)23-25-13-7-4-8-14-25/h4-18,26,30H,19-24H2,1-3H3/t26-/m0/s1. The number of nitrogens with zero attached hydrogens (tertiary/aromatic N) is 1. The summed E-state index contributed by atoms with van der Waals surface area (Å²) in [4.78, 5) is 2.57. The maximum Gasteiger partial charge on any atom is 0.261 e. The zero-order chi connectivity index (χ0) is 23.2. The highest BCUT2D eigenvalue weighted by atomic mass is 28.4. The molecule has 3 nitrogen and oxygen atoms in total. The Morgan fingerprint density at radius 1 is 0.848 bits per heavy atom. The molecule has 0 aromatic heterocycles. The second-order valence-electron chi connectivity index (χ2n) is 10.2. The average Bonchev–Trinajstić information content (AvgIpc) is 2.83. The molecule has 0 amide bonds. The normalized spacial score (nSPS) is 17.7. The van der Waals surface area contributed by atoms with Gasteiger partial charge < -0.3 is 9.74 Å². The predicted molar refractivity (Wildman–Crippen MR) is 142 cm³/mol. The van der Waals surface area contributed by atoms with Crippen molar-refractivity contribution in [1.82, 2.24) is 10.2 Å². The first kappa shape index (κ1) is 23.9. The molecule has 1 fully saturated rings. The van der Waals surface area contributed by atoms with Crippen LogP contribution in [0.4, 0.5) is 0 Å². The number of piperazine rings is 1. The monoisotopic (exact) mass is 458 g/mol. The molecule has 0 unspecified atom stereocenters. The van der Waals surface area contributed by atoms with Crippen molar-refractivity contribution in [3.8, 4) is 0 Å². The second-order valence-corrected chi connectivity index (χ2v) is 14.5. The van der Waals surface area contributed by atoms with Crippen molar-refractivity contribution in [2.24, 2.45) is 0 Å². The molecular weight excluding hydrogens is 420 g/mol. The number of nitrogens with one attached hydrogen (secondary N) is 1. The Morgan fingerprint density at radius 3 is 1.94 bits per heavy atom. The summed E-state index contributed by atoms with van der Waals surface area (Å²) in [5.74, 6) is 0. The van der Waals surface area contributed by atoms with Gasteiger partial charge in [-0.3, -0.25) is 4.90 Å². The molecule has 1 atom stereocenters. The van der Waals surface area contributed by atoms with Crippen LogP contribution in [-0.2, 0) is 11.0 Å². The van der Waals surface area contributed by atoms with Crippen LogP contribution in [0.1, 0.15) is 32.8 Å². The minimum Gasteiger partial charge on any atom is -0.407 e. The molecule has 1 heterocycles. The zero-order valence-electron chi connectivity index (χ0n) is 20.3. The molecule has 0 radical (unpaired) electrons. The first-order chi connectivity index (χ1) is 16.0. The summed E-state index contributed by atoms with van der Waals surface area (Å²) in [6.45, 7) is 12.0. The van der Waals surface area contributed by atoms with Gasteiger partial charge in [0.1, 0.15) is 0 Å². The molecule has 1 aliphatic heterocycles. The summed E-state index contributed by atoms with van der Waals surface area (Å²) in [5, 5.41) is 6.46. The van der Waals surface area contributed by atoms with E-state index in [4.69, 9.17) is 4.43 Å². The van der Waals surface area contributed by atoms with Gasteiger partial charge in [0.2, 0.25) is 0 Å². The Balaban J connectivity index is 1.48. The van der Waals surface area contributed by atoms with E-state index in [-0.39, 0.29) is 5.04 Å². The van der Waals surface area contributed by atoms with E-state index in [0.717, 1.165) is 39.2 Å². The molecule has 0 bridgehead atoms. The molecule has 3 aromatic carbocycles. The second kappa shape index (κ2) is 10.8. The lowest BCUT2D eigenvalue weighted by molar-refractivity contribution is 0.170. The van der Waals surface area contributed by atoms with E-state index in [0.29, 0.717) is 6.04 Å². The van der Waals surface area contributed by atoms with Gasteiger partial charge in [-0.2, -0.15) is 0 Å². The van der Waals surface area contributed by atoms with Gasteiger partial charge in [0.15, 0.2) is 0 Å². The summed E-state index contributed by atoms with van der Waals surface area (Å²) in [6.07, 6.45) is 1.02. The summed E-state index contributed by atoms with van der Waals surface area (Å²) >= 11 is 0. The highest BCUT2D eigenvalue weighted by Crippen LogP contribution is 2.36. The Hall–Kier alpha value is -2.24. The van der Waals surface area contributed by atoms with E-state index in [9.17, 15) is 0 Å². The van der Waals surface area contributed by atoms with Crippen LogP contribution in [0.5, 0.6) is 0 Å². The number of hydrogen-bond donors (Lipinski definition) is 1. The third kappa shape index (κ3) is 5.64. The van der Waals surface area contributed by atoms with Gasteiger partial charge in [0.05, 0.1) is 0 Å². The first-order valence-corrected chi connectivity index (χ1v) is 14.1. The van der Waals surface area contributed by atoms with Gasteiger partial charge in [-0.1, -0.05) is 112 Å². The topological polar surface area (TPSA) is 24.5 Å². The van der Waals surface area contributed by atoms with Crippen molar-refractivity contribution in [2.75, 3.05) is 26.2 Å². The van der Waals surface area contributed by atoms with Crippen LogP contribution < -0.4 is 15.7 Å². The quantitative estimate of drug-likeness (QED) is 0.506. The molecule has 1 saturated heterocycles. The summed E-state index contributed by atoms with van der Waals surface area (Å²) in [7, 11) is -2.45. The fourth-order valence-electron chi connectivity index (χ4n) is 5.19. The van der Waals surface area contributed by atoms with E-state index >= 15 is 0 Å². The van der Waals surface area contributed by atoms with Gasteiger partial charge in [0.25, 0.3) is 8.32 Å². The lowest BCUT2D eigenvalue weighted by Crippen LogP contribution is -2.66. The van der Waals surface area contributed by atoms with Crippen LogP contribution >= 0.6 is 0 Å². The van der Waals surface area contributed by atoms with Crippen molar-refractivity contribution < 1.29 is 4.43 Å². The molecule has 0 aliphatic carbocycles. The average molecular weight is 459 g/mol. The predicted octanol–water partition coefficient (Wildman–Crippen LogP) is 4.43. The van der Waals surface area contributed by atoms with Crippen molar-refractivity contribution in [2.45, 2.75) is 44.8 Å². The maximum absolute atomic E-state index is 7.10. The molecule has 4 rings (SSSR count). The summed E-state index contributed by atoms with van der Waals surface area (Å²) in [6, 6.07) is 33.1. The molecule has 33 heavy (non-hydrogen) atoms. The molecule has 4 heteroatoms. The lowest BCUT2D eigenvalue weighted by atomic mass is 10.1. The largest absolute Gasteiger partial charge is 0.407 e. The molecular formula is C29H38N2OSi. The van der Waals surface area contributed by atoms with E-state index in [2.05, 4.69) is 122 Å². The Kier molecular flexibility index (Phi) is 7.81. The van der Waals surface area contributed by atoms with Crippen LogP contribution in [0.2, 0.25) is 5.04 Å². The van der Waals surface area contributed by atoms with Crippen LogP contribution in [0.3, 0.4) is 0 Å². The molecule has 174 valence electrons. The Bertz CT molecular complexity index is 933. The number of benzene rings is 3. The van der Waals surface area contributed by atoms with Crippen molar-refractivity contribution in [3.05, 3.63) is 96.6 Å². The Morgan fingerprint density at radius 2 is 1.39 bits per heavy atom. The summed E-state index contributed by atoms with van der Waals surface area (Å²) < 4.78 is 7.10. The van der Waals surface area contributed by atoms with Gasteiger partial charge in [-0.05, 0) is 27.4 Å². The fourth-order valence-corrected chi connectivity index (χ4v) is 9.77. The van der Waals surface area contributed by atoms with Crippen LogP contribution in [0.25, 0.3) is 0 Å². The van der Waals surface area contributed by atoms with E-state index < -0.39 is 8.32 Å². The first-order valence-electron chi connectivity index (χ1n) is 12.2. The highest BCUT2D eigenvalue weighted by molar-refractivity contribution is 6.99. The SMILES string of the molecule is CC(C)(C)[Si](OCC[C@H]1CN(Cc2ccccc2)CCN1)(c1ccccc1)c1ccccc1. The van der Waals surface area contributed by atoms with E-state index in [1.165, 1.54) is 15.9 Å². The van der Waals surface area contributed by atoms with Crippen molar-refractivity contribution >= 4 is 18.7 Å². The van der Waals surface area contributed by atoms with Crippen LogP contribution in [0.15, 0.2) is 91.0 Å². The molecule has 3 aromatic rings.